The van der Waals surface area contributed by atoms with Gasteiger partial charge < -0.3 is 4.84 Å². The number of benzene rings is 1. The molecule has 13 heavy (non-hydrogen) atoms. The van der Waals surface area contributed by atoms with Gasteiger partial charge in [0.15, 0.2) is 0 Å². The molecule has 0 aromatic heterocycles. The molecule has 1 aromatic rings. The summed E-state index contributed by atoms with van der Waals surface area (Å²) in [6.45, 7) is 0.0525. The first-order valence-electron chi connectivity index (χ1n) is 3.65. The van der Waals surface area contributed by atoms with Gasteiger partial charge in [-0.3, -0.25) is 5.21 Å². The zero-order valence-electron chi connectivity index (χ0n) is 6.88. The second kappa shape index (κ2) is 4.44. The van der Waals surface area contributed by atoms with Crippen molar-refractivity contribution in [3.63, 3.8) is 0 Å². The van der Waals surface area contributed by atoms with Crippen molar-refractivity contribution in [3.05, 3.63) is 35.9 Å². The van der Waals surface area contributed by atoms with Crippen molar-refractivity contribution in [3.8, 4) is 0 Å². The number of hydrogen-bond donors (Lipinski definition) is 2. The highest BCUT2D eigenvalue weighted by Gasteiger charge is 2.10. The number of hydrogen-bond acceptors (Lipinski definition) is 4. The Morgan fingerprint density at radius 2 is 2.08 bits per heavy atom. The van der Waals surface area contributed by atoms with Crippen LogP contribution in [0.1, 0.15) is 5.56 Å². The SMILES string of the molecule is NOC(=O)N(O)Cc1ccccc1. The van der Waals surface area contributed by atoms with Gasteiger partial charge in [0, 0.05) is 0 Å². The van der Waals surface area contributed by atoms with Crippen LogP contribution in [0.25, 0.3) is 0 Å². The number of nitrogens with two attached hydrogens (primary N) is 1. The quantitative estimate of drug-likeness (QED) is 0.526. The van der Waals surface area contributed by atoms with Crippen molar-refractivity contribution in [2.24, 2.45) is 5.90 Å². The monoisotopic (exact) mass is 182 g/mol. The molecule has 0 bridgehead atoms. The maximum atomic E-state index is 10.6. The Morgan fingerprint density at radius 1 is 1.46 bits per heavy atom. The van der Waals surface area contributed by atoms with Gasteiger partial charge in [-0.15, -0.1) is 0 Å². The van der Waals surface area contributed by atoms with Crippen LogP contribution < -0.4 is 5.90 Å². The van der Waals surface area contributed by atoms with E-state index in [4.69, 9.17) is 5.21 Å². The van der Waals surface area contributed by atoms with E-state index in [1.807, 2.05) is 6.07 Å². The summed E-state index contributed by atoms with van der Waals surface area (Å²) in [5.41, 5.74) is 0.787. The average Bonchev–Trinajstić information content (AvgIpc) is 2.18. The molecular formula is C8H10N2O3. The standard InChI is InChI=1S/C8H10N2O3/c9-13-8(11)10(12)6-7-4-2-1-3-5-7/h1-5,12H,6,9H2. The van der Waals surface area contributed by atoms with Gasteiger partial charge in [-0.1, -0.05) is 30.3 Å². The fourth-order valence-electron chi connectivity index (χ4n) is 0.882. The number of carbonyl (C=O) groups is 1. The predicted octanol–water partition coefficient (Wildman–Crippen LogP) is 0.888. The molecule has 0 fully saturated rings. The van der Waals surface area contributed by atoms with Crippen LogP contribution in [0.15, 0.2) is 30.3 Å². The van der Waals surface area contributed by atoms with Crippen LogP contribution >= 0.6 is 0 Å². The van der Waals surface area contributed by atoms with Crippen molar-refractivity contribution < 1.29 is 14.8 Å². The van der Waals surface area contributed by atoms with E-state index in [1.165, 1.54) is 0 Å². The highest BCUT2D eigenvalue weighted by molar-refractivity contribution is 5.65. The van der Waals surface area contributed by atoms with E-state index in [-0.39, 0.29) is 6.54 Å². The second-order valence-corrected chi connectivity index (χ2v) is 2.43. The molecule has 0 aliphatic rings. The Bertz CT molecular complexity index is 276. The highest BCUT2D eigenvalue weighted by atomic mass is 16.7. The topological polar surface area (TPSA) is 75.8 Å². The fraction of sp³-hybridized carbons (Fsp3) is 0.125. The maximum Gasteiger partial charge on any atom is 0.452 e. The van der Waals surface area contributed by atoms with Gasteiger partial charge in [0.2, 0.25) is 0 Å². The third kappa shape index (κ3) is 2.73. The summed E-state index contributed by atoms with van der Waals surface area (Å²) in [4.78, 5) is 14.5. The van der Waals surface area contributed by atoms with E-state index < -0.39 is 6.09 Å². The molecule has 0 spiro atoms. The third-order valence-electron chi connectivity index (χ3n) is 1.49. The summed E-state index contributed by atoms with van der Waals surface area (Å²) in [5.74, 6) is 4.58. The van der Waals surface area contributed by atoms with Gasteiger partial charge in [0.25, 0.3) is 0 Å². The van der Waals surface area contributed by atoms with Crippen LogP contribution in [0.5, 0.6) is 0 Å². The summed E-state index contributed by atoms with van der Waals surface area (Å²) < 4.78 is 0. The summed E-state index contributed by atoms with van der Waals surface area (Å²) in [6, 6.07) is 8.99. The van der Waals surface area contributed by atoms with Gasteiger partial charge >= 0.3 is 6.09 Å². The summed E-state index contributed by atoms with van der Waals surface area (Å²) in [5, 5.41) is 9.45. The van der Waals surface area contributed by atoms with Crippen LogP contribution in [-0.2, 0) is 11.4 Å². The molecule has 0 saturated carbocycles. The van der Waals surface area contributed by atoms with Crippen LogP contribution in [0.2, 0.25) is 0 Å². The Morgan fingerprint density at radius 3 is 2.62 bits per heavy atom. The van der Waals surface area contributed by atoms with Crippen LogP contribution in [0.4, 0.5) is 4.79 Å². The molecule has 0 heterocycles. The molecule has 1 amide bonds. The van der Waals surface area contributed by atoms with E-state index in [2.05, 4.69) is 10.7 Å². The maximum absolute atomic E-state index is 10.6. The normalized spacial score (nSPS) is 9.38. The molecular weight excluding hydrogens is 172 g/mol. The average molecular weight is 182 g/mol. The minimum atomic E-state index is -0.983. The molecule has 5 nitrogen and oxygen atoms in total. The Labute approximate surface area is 75.2 Å². The number of nitrogens with zero attached hydrogens (tertiary/aromatic N) is 1. The largest absolute Gasteiger partial charge is 0.452 e. The van der Waals surface area contributed by atoms with Crippen molar-refractivity contribution >= 4 is 6.09 Å². The van der Waals surface area contributed by atoms with Gasteiger partial charge in [-0.05, 0) is 5.56 Å². The zero-order chi connectivity index (χ0) is 9.68. The zero-order valence-corrected chi connectivity index (χ0v) is 6.88. The smallest absolute Gasteiger partial charge is 0.355 e. The molecule has 0 aliphatic carbocycles. The van der Waals surface area contributed by atoms with E-state index >= 15 is 0 Å². The molecule has 0 radical (unpaired) electrons. The molecule has 1 aromatic carbocycles. The summed E-state index contributed by atoms with van der Waals surface area (Å²) in [6.07, 6.45) is -0.983. The first-order valence-corrected chi connectivity index (χ1v) is 3.65. The van der Waals surface area contributed by atoms with Gasteiger partial charge in [0.05, 0.1) is 6.54 Å². The lowest BCUT2D eigenvalue weighted by Crippen LogP contribution is -2.29. The fourth-order valence-corrected chi connectivity index (χ4v) is 0.882. The van der Waals surface area contributed by atoms with E-state index in [9.17, 15) is 4.79 Å². The lowest BCUT2D eigenvalue weighted by molar-refractivity contribution is -0.0814. The Hall–Kier alpha value is -1.59. The molecule has 70 valence electrons. The molecule has 5 heteroatoms. The summed E-state index contributed by atoms with van der Waals surface area (Å²) >= 11 is 0. The molecule has 0 unspecified atom stereocenters. The highest BCUT2D eigenvalue weighted by Crippen LogP contribution is 2.02. The Kier molecular flexibility index (Phi) is 3.24. The van der Waals surface area contributed by atoms with E-state index in [0.29, 0.717) is 5.06 Å². The van der Waals surface area contributed by atoms with Gasteiger partial charge in [-0.25, -0.2) is 4.79 Å². The predicted molar refractivity (Wildman–Crippen MR) is 44.4 cm³/mol. The minimum Gasteiger partial charge on any atom is -0.355 e. The minimum absolute atomic E-state index is 0.0525. The van der Waals surface area contributed by atoms with E-state index in [1.54, 1.807) is 24.3 Å². The van der Waals surface area contributed by atoms with E-state index in [0.717, 1.165) is 5.56 Å². The molecule has 0 aliphatic heterocycles. The van der Waals surface area contributed by atoms with Crippen molar-refractivity contribution in [1.82, 2.24) is 5.06 Å². The third-order valence-corrected chi connectivity index (χ3v) is 1.49. The second-order valence-electron chi connectivity index (χ2n) is 2.43. The molecule has 3 N–H and O–H groups in total. The molecule has 0 saturated heterocycles. The van der Waals surface area contributed by atoms with Crippen molar-refractivity contribution in [2.45, 2.75) is 6.54 Å². The van der Waals surface area contributed by atoms with Crippen molar-refractivity contribution in [2.75, 3.05) is 0 Å². The first kappa shape index (κ1) is 9.50. The number of rotatable bonds is 2. The number of hydroxylamine groups is 2. The lowest BCUT2D eigenvalue weighted by Gasteiger charge is -2.11. The van der Waals surface area contributed by atoms with Crippen LogP contribution in [-0.4, -0.2) is 16.4 Å². The first-order chi connectivity index (χ1) is 6.24. The molecule has 0 atom stereocenters. The van der Waals surface area contributed by atoms with Gasteiger partial charge in [0.1, 0.15) is 0 Å². The van der Waals surface area contributed by atoms with Crippen LogP contribution in [0.3, 0.4) is 0 Å². The molecule has 1 rings (SSSR count). The number of amides is 1. The van der Waals surface area contributed by atoms with Crippen molar-refractivity contribution in [1.29, 1.82) is 0 Å². The lowest BCUT2D eigenvalue weighted by atomic mass is 10.2. The summed E-state index contributed by atoms with van der Waals surface area (Å²) in [7, 11) is 0. The van der Waals surface area contributed by atoms with Gasteiger partial charge in [-0.2, -0.15) is 11.0 Å². The van der Waals surface area contributed by atoms with Crippen LogP contribution in [0, 0.1) is 0 Å². The Balaban J connectivity index is 2.55. The number of carbonyl (C=O) groups excluding carboxylic acids is 1.